The van der Waals surface area contributed by atoms with Crippen LogP contribution >= 0.6 is 24.0 Å². The van der Waals surface area contributed by atoms with Crippen molar-refractivity contribution in [1.29, 1.82) is 0 Å². The third-order valence-corrected chi connectivity index (χ3v) is 5.11. The molecule has 27 heavy (non-hydrogen) atoms. The lowest BCUT2D eigenvalue weighted by molar-refractivity contribution is -0.131. The second-order valence-corrected chi connectivity index (χ2v) is 7.68. The lowest BCUT2D eigenvalue weighted by Gasteiger charge is -2.13. The monoisotopic (exact) mass is 408 g/mol. The minimum absolute atomic E-state index is 0.292. The number of carbonyl (C=O) groups is 2. The molecule has 1 saturated heterocycles. The fourth-order valence-corrected chi connectivity index (χ4v) is 3.66. The van der Waals surface area contributed by atoms with E-state index < -0.39 is 0 Å². The Bertz CT molecular complexity index is 749. The van der Waals surface area contributed by atoms with E-state index in [1.54, 1.807) is 13.2 Å². The molecule has 1 heterocycles. The van der Waals surface area contributed by atoms with Gasteiger partial charge in [0.05, 0.1) is 18.6 Å². The Labute approximate surface area is 169 Å². The zero-order valence-electron chi connectivity index (χ0n) is 15.7. The van der Waals surface area contributed by atoms with Crippen LogP contribution in [0.5, 0.6) is 11.5 Å². The number of nitrogens with one attached hydrogen (secondary N) is 1. The van der Waals surface area contributed by atoms with Crippen LogP contribution in [0.2, 0.25) is 0 Å². The maximum absolute atomic E-state index is 12.4. The van der Waals surface area contributed by atoms with Crippen LogP contribution in [0.1, 0.15) is 45.1 Å². The molecule has 0 spiro atoms. The van der Waals surface area contributed by atoms with Gasteiger partial charge in [0.1, 0.15) is 0 Å². The number of hydrogen-bond acceptors (Lipinski definition) is 6. The van der Waals surface area contributed by atoms with E-state index in [0.29, 0.717) is 27.3 Å². The molecule has 0 atom stereocenters. The first-order valence-corrected chi connectivity index (χ1v) is 10.0. The van der Waals surface area contributed by atoms with E-state index in [4.69, 9.17) is 21.7 Å². The van der Waals surface area contributed by atoms with Crippen molar-refractivity contribution in [2.45, 2.75) is 39.5 Å². The minimum Gasteiger partial charge on any atom is -0.493 e. The number of thioether (sulfide) groups is 1. The highest BCUT2D eigenvalue weighted by atomic mass is 32.2. The molecular formula is C19H24N2O4S2. The first-order chi connectivity index (χ1) is 13.0. The van der Waals surface area contributed by atoms with Gasteiger partial charge in [0, 0.05) is 6.92 Å². The second-order valence-electron chi connectivity index (χ2n) is 6.00. The molecule has 0 unspecified atom stereocenters. The van der Waals surface area contributed by atoms with E-state index in [-0.39, 0.29) is 11.8 Å². The fraction of sp³-hybridized carbons (Fsp3) is 0.421. The lowest BCUT2D eigenvalue weighted by atomic mass is 10.2. The largest absolute Gasteiger partial charge is 0.493 e. The summed E-state index contributed by atoms with van der Waals surface area (Å²) in [6.07, 6.45) is 6.26. The van der Waals surface area contributed by atoms with E-state index in [0.717, 1.165) is 35.2 Å². The van der Waals surface area contributed by atoms with Crippen molar-refractivity contribution in [3.8, 4) is 11.5 Å². The molecule has 1 N–H and O–H groups in total. The van der Waals surface area contributed by atoms with Gasteiger partial charge in [0.2, 0.25) is 5.91 Å². The summed E-state index contributed by atoms with van der Waals surface area (Å²) >= 11 is 6.28. The van der Waals surface area contributed by atoms with Crippen LogP contribution in [0, 0.1) is 0 Å². The average molecular weight is 409 g/mol. The molecule has 6 nitrogen and oxygen atoms in total. The molecule has 1 aromatic carbocycles. The Hall–Kier alpha value is -2.06. The number of methoxy groups -OCH3 is 1. The number of unbranched alkanes of at least 4 members (excludes halogenated alkanes) is 3. The molecule has 0 radical (unpaired) electrons. The van der Waals surface area contributed by atoms with Gasteiger partial charge in [0.25, 0.3) is 5.91 Å². The number of amides is 2. The van der Waals surface area contributed by atoms with Crippen molar-refractivity contribution in [2.75, 3.05) is 13.7 Å². The normalized spacial score (nSPS) is 15.4. The SMILES string of the molecule is CCCCCCOc1ccc(/C=C2\SC(=S)N(NC(C)=O)C2=O)cc1OC. The highest BCUT2D eigenvalue weighted by molar-refractivity contribution is 8.26. The predicted molar refractivity (Wildman–Crippen MR) is 111 cm³/mol. The van der Waals surface area contributed by atoms with E-state index >= 15 is 0 Å². The highest BCUT2D eigenvalue weighted by Crippen LogP contribution is 2.34. The third-order valence-electron chi connectivity index (χ3n) is 3.80. The quantitative estimate of drug-likeness (QED) is 0.380. The van der Waals surface area contributed by atoms with Crippen molar-refractivity contribution in [1.82, 2.24) is 10.4 Å². The maximum Gasteiger partial charge on any atom is 0.285 e. The summed E-state index contributed by atoms with van der Waals surface area (Å²) < 4.78 is 11.5. The van der Waals surface area contributed by atoms with Crippen molar-refractivity contribution < 1.29 is 19.1 Å². The maximum atomic E-state index is 12.4. The number of nitrogens with zero attached hydrogens (tertiary/aromatic N) is 1. The summed E-state index contributed by atoms with van der Waals surface area (Å²) in [4.78, 5) is 24.0. The molecule has 0 saturated carbocycles. The summed E-state index contributed by atoms with van der Waals surface area (Å²) in [5.41, 5.74) is 3.21. The molecule has 1 aliphatic rings. The topological polar surface area (TPSA) is 67.9 Å². The van der Waals surface area contributed by atoms with Gasteiger partial charge in [-0.05, 0) is 42.4 Å². The number of hydrogen-bond donors (Lipinski definition) is 1. The molecule has 1 aliphatic heterocycles. The number of hydrazine groups is 1. The first-order valence-electron chi connectivity index (χ1n) is 8.82. The molecule has 0 bridgehead atoms. The van der Waals surface area contributed by atoms with Crippen molar-refractivity contribution in [3.63, 3.8) is 0 Å². The van der Waals surface area contributed by atoms with Crippen LogP contribution < -0.4 is 14.9 Å². The molecule has 146 valence electrons. The number of rotatable bonds is 9. The summed E-state index contributed by atoms with van der Waals surface area (Å²) in [7, 11) is 1.58. The molecule has 2 rings (SSSR count). The molecular weight excluding hydrogens is 384 g/mol. The van der Waals surface area contributed by atoms with Crippen LogP contribution in [0.4, 0.5) is 0 Å². The number of ether oxygens (including phenoxy) is 2. The Morgan fingerprint density at radius 3 is 2.74 bits per heavy atom. The molecule has 0 aromatic heterocycles. The Morgan fingerprint density at radius 2 is 2.07 bits per heavy atom. The van der Waals surface area contributed by atoms with Crippen molar-refractivity contribution >= 4 is 46.2 Å². The van der Waals surface area contributed by atoms with Gasteiger partial charge < -0.3 is 9.47 Å². The van der Waals surface area contributed by atoms with Gasteiger partial charge in [-0.25, -0.2) is 0 Å². The number of benzene rings is 1. The van der Waals surface area contributed by atoms with Gasteiger partial charge in [0.15, 0.2) is 15.8 Å². The summed E-state index contributed by atoms with van der Waals surface area (Å²) in [6, 6.07) is 5.50. The van der Waals surface area contributed by atoms with Crippen molar-refractivity contribution in [3.05, 3.63) is 28.7 Å². The highest BCUT2D eigenvalue weighted by Gasteiger charge is 2.33. The van der Waals surface area contributed by atoms with Crippen LogP contribution in [0.25, 0.3) is 6.08 Å². The summed E-state index contributed by atoms with van der Waals surface area (Å²) in [5.74, 6) is 0.582. The van der Waals surface area contributed by atoms with E-state index in [2.05, 4.69) is 12.3 Å². The number of carbonyl (C=O) groups excluding carboxylic acids is 2. The average Bonchev–Trinajstić information content (AvgIpc) is 2.89. The van der Waals surface area contributed by atoms with Gasteiger partial charge in [-0.15, -0.1) is 0 Å². The van der Waals surface area contributed by atoms with Crippen LogP contribution in [-0.2, 0) is 9.59 Å². The molecule has 0 aliphatic carbocycles. The molecule has 2 amide bonds. The molecule has 8 heteroatoms. The second kappa shape index (κ2) is 10.3. The Balaban J connectivity index is 2.08. The van der Waals surface area contributed by atoms with Crippen LogP contribution in [0.15, 0.2) is 23.1 Å². The smallest absolute Gasteiger partial charge is 0.285 e. The first kappa shape index (κ1) is 21.2. The van der Waals surface area contributed by atoms with Gasteiger partial charge >= 0.3 is 0 Å². The summed E-state index contributed by atoms with van der Waals surface area (Å²) in [5, 5.41) is 1.08. The van der Waals surface area contributed by atoms with E-state index in [9.17, 15) is 9.59 Å². The van der Waals surface area contributed by atoms with Crippen LogP contribution in [-0.4, -0.2) is 34.9 Å². The fourth-order valence-electron chi connectivity index (χ4n) is 2.48. The molecule has 1 fully saturated rings. The standard InChI is InChI=1S/C19H24N2O4S2/c1-4-5-6-7-10-25-15-9-8-14(11-16(15)24-3)12-17-18(23)21(19(26)27-17)20-13(2)22/h8-9,11-12H,4-7,10H2,1-3H3,(H,20,22)/b17-12-. The Kier molecular flexibility index (Phi) is 8.12. The lowest BCUT2D eigenvalue weighted by Crippen LogP contribution is -2.43. The van der Waals surface area contributed by atoms with Crippen molar-refractivity contribution in [2.24, 2.45) is 0 Å². The minimum atomic E-state index is -0.352. The van der Waals surface area contributed by atoms with Gasteiger partial charge in [-0.3, -0.25) is 15.0 Å². The Morgan fingerprint density at radius 1 is 1.30 bits per heavy atom. The van der Waals surface area contributed by atoms with Gasteiger partial charge in [-0.1, -0.05) is 44.0 Å². The van der Waals surface area contributed by atoms with E-state index in [1.165, 1.54) is 19.8 Å². The number of thiocarbonyl (C=S) groups is 1. The zero-order valence-corrected chi connectivity index (χ0v) is 17.4. The van der Waals surface area contributed by atoms with Gasteiger partial charge in [-0.2, -0.15) is 5.01 Å². The predicted octanol–water partition coefficient (Wildman–Crippen LogP) is 3.91. The van der Waals surface area contributed by atoms with Crippen LogP contribution in [0.3, 0.4) is 0 Å². The third kappa shape index (κ3) is 5.97. The molecule has 1 aromatic rings. The summed E-state index contributed by atoms with van der Waals surface area (Å²) in [6.45, 7) is 4.14. The zero-order chi connectivity index (χ0) is 19.8. The van der Waals surface area contributed by atoms with E-state index in [1.807, 2.05) is 18.2 Å².